The predicted octanol–water partition coefficient (Wildman–Crippen LogP) is 0.512. The Morgan fingerprint density at radius 2 is 2.30 bits per heavy atom. The summed E-state index contributed by atoms with van der Waals surface area (Å²) in [6, 6.07) is 0. The van der Waals surface area contributed by atoms with Crippen molar-refractivity contribution in [1.82, 2.24) is 5.32 Å². The normalized spacial score (nSPS) is 18.0. The van der Waals surface area contributed by atoms with Crippen molar-refractivity contribution in [1.29, 1.82) is 0 Å². The Bertz CT molecular complexity index is 227. The van der Waals surface area contributed by atoms with Gasteiger partial charge in [0.25, 0.3) is 0 Å². The number of nitrogens with one attached hydrogen (secondary N) is 1. The van der Waals surface area contributed by atoms with Gasteiger partial charge in [0.15, 0.2) is 0 Å². The van der Waals surface area contributed by atoms with Crippen LogP contribution in [0.5, 0.6) is 0 Å². The summed E-state index contributed by atoms with van der Waals surface area (Å²) in [6.07, 6.45) is 4.96. The number of allylic oxidation sites excluding steroid dienone is 2. The van der Waals surface area contributed by atoms with E-state index >= 15 is 0 Å². The van der Waals surface area contributed by atoms with Crippen LogP contribution in [0.3, 0.4) is 0 Å². The highest BCUT2D eigenvalue weighted by Gasteiger charge is 2.19. The second-order valence-corrected chi connectivity index (χ2v) is 3.62. The van der Waals surface area contributed by atoms with Gasteiger partial charge in [-0.15, -0.1) is 0 Å². The molecule has 0 aromatic heterocycles. The largest absolute Gasteiger partial charge is 0.367 e. The number of hydrogen-bond acceptors (Lipinski definition) is 2. The first-order valence-corrected chi connectivity index (χ1v) is 4.38. The van der Waals surface area contributed by atoms with E-state index in [4.69, 9.17) is 9.79 Å². The highest BCUT2D eigenvalue weighted by Crippen LogP contribution is 2.46. The molecule has 56 valence electrons. The molecular formula is C5H8NO3P. The van der Waals surface area contributed by atoms with Gasteiger partial charge in [-0.25, -0.2) is 0 Å². The van der Waals surface area contributed by atoms with Crippen molar-refractivity contribution >= 4 is 7.60 Å². The Morgan fingerprint density at radius 1 is 1.60 bits per heavy atom. The average Bonchev–Trinajstić information content (AvgIpc) is 1.88. The lowest BCUT2D eigenvalue weighted by Crippen LogP contribution is -2.01. The van der Waals surface area contributed by atoms with Crippen LogP contribution in [0.15, 0.2) is 23.8 Å². The smallest absolute Gasteiger partial charge is 0.353 e. The maximum Gasteiger partial charge on any atom is 0.353 e. The molecule has 3 N–H and O–H groups in total. The van der Waals surface area contributed by atoms with Crippen LogP contribution in [0.2, 0.25) is 0 Å². The molecule has 1 rings (SSSR count). The number of hydrogen-bond donors (Lipinski definition) is 3. The molecule has 1 aliphatic rings. The molecule has 0 bridgehead atoms. The van der Waals surface area contributed by atoms with Crippen molar-refractivity contribution in [2.45, 2.75) is 6.42 Å². The average molecular weight is 161 g/mol. The first kappa shape index (κ1) is 7.54. The maximum atomic E-state index is 10.5. The van der Waals surface area contributed by atoms with E-state index in [0.717, 1.165) is 0 Å². The molecule has 0 atom stereocenters. The topological polar surface area (TPSA) is 69.6 Å². The number of dihydropyridines is 1. The van der Waals surface area contributed by atoms with E-state index in [1.807, 2.05) is 0 Å². The van der Waals surface area contributed by atoms with Crippen LogP contribution in [-0.4, -0.2) is 9.79 Å². The van der Waals surface area contributed by atoms with Crippen molar-refractivity contribution in [2.75, 3.05) is 0 Å². The Balaban J connectivity index is 2.75. The zero-order chi connectivity index (χ0) is 7.61. The minimum absolute atomic E-state index is 0.134. The molecule has 5 heteroatoms. The summed E-state index contributed by atoms with van der Waals surface area (Å²) in [4.78, 5) is 17.2. The zero-order valence-electron chi connectivity index (χ0n) is 5.19. The fraction of sp³-hybridized carbons (Fsp3) is 0.200. The van der Waals surface area contributed by atoms with Gasteiger partial charge in [-0.3, -0.25) is 4.57 Å². The first-order chi connectivity index (χ1) is 4.61. The summed E-state index contributed by atoms with van der Waals surface area (Å²) in [7, 11) is -3.99. The minimum atomic E-state index is -3.99. The SMILES string of the molecule is O=P(O)(O)C1=CNC=CC1. The Kier molecular flexibility index (Phi) is 1.94. The quantitative estimate of drug-likeness (QED) is 0.490. The first-order valence-electron chi connectivity index (χ1n) is 2.77. The highest BCUT2D eigenvalue weighted by molar-refractivity contribution is 7.56. The van der Waals surface area contributed by atoms with Gasteiger partial charge in [-0.05, 0) is 6.20 Å². The van der Waals surface area contributed by atoms with E-state index < -0.39 is 7.60 Å². The molecule has 0 saturated heterocycles. The monoisotopic (exact) mass is 161 g/mol. The fourth-order valence-corrected chi connectivity index (χ4v) is 1.24. The third-order valence-corrected chi connectivity index (χ3v) is 2.23. The van der Waals surface area contributed by atoms with Gasteiger partial charge >= 0.3 is 7.60 Å². The van der Waals surface area contributed by atoms with Gasteiger partial charge in [0.05, 0.1) is 5.31 Å². The van der Waals surface area contributed by atoms with Gasteiger partial charge in [-0.1, -0.05) is 6.08 Å². The van der Waals surface area contributed by atoms with E-state index in [-0.39, 0.29) is 5.31 Å². The Labute approximate surface area is 58.4 Å². The molecule has 0 aromatic rings. The molecule has 0 unspecified atom stereocenters. The fourth-order valence-electron chi connectivity index (χ4n) is 0.654. The van der Waals surface area contributed by atoms with Crippen LogP contribution in [0.4, 0.5) is 0 Å². The van der Waals surface area contributed by atoms with Gasteiger partial charge in [-0.2, -0.15) is 0 Å². The minimum Gasteiger partial charge on any atom is -0.367 e. The number of rotatable bonds is 1. The van der Waals surface area contributed by atoms with Crippen molar-refractivity contribution in [3.8, 4) is 0 Å². The van der Waals surface area contributed by atoms with Crippen LogP contribution >= 0.6 is 7.60 Å². The summed E-state index contributed by atoms with van der Waals surface area (Å²) in [5.74, 6) is 0. The lowest BCUT2D eigenvalue weighted by atomic mass is 10.3. The van der Waals surface area contributed by atoms with Crippen LogP contribution < -0.4 is 5.32 Å². The second kappa shape index (κ2) is 2.58. The molecule has 0 amide bonds. The molecule has 1 heterocycles. The Morgan fingerprint density at radius 3 is 2.60 bits per heavy atom. The van der Waals surface area contributed by atoms with Crippen LogP contribution in [0, 0.1) is 0 Å². The lowest BCUT2D eigenvalue weighted by molar-refractivity contribution is 0.381. The van der Waals surface area contributed by atoms with Gasteiger partial charge in [0.2, 0.25) is 0 Å². The van der Waals surface area contributed by atoms with Crippen molar-refractivity contribution in [3.05, 3.63) is 23.8 Å². The molecule has 0 radical (unpaired) electrons. The third-order valence-electron chi connectivity index (χ3n) is 1.17. The molecule has 0 saturated carbocycles. The molecule has 0 aromatic carbocycles. The molecule has 1 aliphatic heterocycles. The van der Waals surface area contributed by atoms with Crippen molar-refractivity contribution < 1.29 is 14.4 Å². The van der Waals surface area contributed by atoms with Crippen molar-refractivity contribution in [3.63, 3.8) is 0 Å². The molecule has 4 nitrogen and oxygen atoms in total. The second-order valence-electron chi connectivity index (χ2n) is 1.95. The highest BCUT2D eigenvalue weighted by atomic mass is 31.2. The summed E-state index contributed by atoms with van der Waals surface area (Å²) in [5, 5.41) is 2.74. The summed E-state index contributed by atoms with van der Waals surface area (Å²) in [5.41, 5.74) is 0. The standard InChI is InChI=1S/C5H8NO3P/c7-10(8,9)5-2-1-3-6-4-5/h1,3-4,6H,2H2,(H2,7,8,9). The van der Waals surface area contributed by atoms with Gasteiger partial charge < -0.3 is 15.1 Å². The zero-order valence-corrected chi connectivity index (χ0v) is 6.08. The van der Waals surface area contributed by atoms with E-state index in [0.29, 0.717) is 6.42 Å². The van der Waals surface area contributed by atoms with Gasteiger partial charge in [0, 0.05) is 12.6 Å². The van der Waals surface area contributed by atoms with E-state index in [1.54, 1.807) is 12.3 Å². The molecule has 10 heavy (non-hydrogen) atoms. The molecule has 0 spiro atoms. The Hall–Kier alpha value is -0.570. The predicted molar refractivity (Wildman–Crippen MR) is 37.0 cm³/mol. The summed E-state index contributed by atoms with van der Waals surface area (Å²) in [6.45, 7) is 0. The summed E-state index contributed by atoms with van der Waals surface area (Å²) < 4.78 is 10.5. The summed E-state index contributed by atoms with van der Waals surface area (Å²) >= 11 is 0. The van der Waals surface area contributed by atoms with Crippen LogP contribution in [-0.2, 0) is 4.57 Å². The van der Waals surface area contributed by atoms with Crippen LogP contribution in [0.25, 0.3) is 0 Å². The van der Waals surface area contributed by atoms with E-state index in [2.05, 4.69) is 5.32 Å². The van der Waals surface area contributed by atoms with E-state index in [1.165, 1.54) is 6.20 Å². The molecule has 0 fully saturated rings. The maximum absolute atomic E-state index is 10.5. The third kappa shape index (κ3) is 1.70. The van der Waals surface area contributed by atoms with E-state index in [9.17, 15) is 4.57 Å². The molecule has 0 aliphatic carbocycles. The lowest BCUT2D eigenvalue weighted by Gasteiger charge is -2.09. The van der Waals surface area contributed by atoms with Crippen molar-refractivity contribution in [2.24, 2.45) is 0 Å². The molecular weight excluding hydrogens is 153 g/mol. The van der Waals surface area contributed by atoms with Gasteiger partial charge in [0.1, 0.15) is 0 Å². The van der Waals surface area contributed by atoms with Crippen LogP contribution in [0.1, 0.15) is 6.42 Å².